The molecule has 0 radical (unpaired) electrons. The van der Waals surface area contributed by atoms with E-state index >= 15 is 0 Å². The fourth-order valence-corrected chi connectivity index (χ4v) is 3.57. The van der Waals surface area contributed by atoms with E-state index in [1.807, 2.05) is 30.3 Å². The number of aryl methyl sites for hydroxylation is 1. The highest BCUT2D eigenvalue weighted by Gasteiger charge is 2.30. The number of hydrogen-bond acceptors (Lipinski definition) is 1. The molecule has 21 heavy (non-hydrogen) atoms. The lowest BCUT2D eigenvalue weighted by Gasteiger charge is -2.18. The number of benzene rings is 2. The summed E-state index contributed by atoms with van der Waals surface area (Å²) in [5.41, 5.74) is 3.82. The van der Waals surface area contributed by atoms with Crippen molar-refractivity contribution in [1.82, 2.24) is 0 Å². The van der Waals surface area contributed by atoms with Crippen LogP contribution in [-0.2, 0) is 6.42 Å². The van der Waals surface area contributed by atoms with Crippen molar-refractivity contribution >= 4 is 0 Å². The van der Waals surface area contributed by atoms with Crippen molar-refractivity contribution in [3.8, 4) is 0 Å². The summed E-state index contributed by atoms with van der Waals surface area (Å²) in [5.74, 6) is 1.14. The van der Waals surface area contributed by atoms with Gasteiger partial charge in [-0.25, -0.2) is 0 Å². The van der Waals surface area contributed by atoms with Gasteiger partial charge in [-0.2, -0.15) is 0 Å². The maximum atomic E-state index is 10.5. The Morgan fingerprint density at radius 2 is 1.71 bits per heavy atom. The van der Waals surface area contributed by atoms with Gasteiger partial charge in [0.15, 0.2) is 0 Å². The number of rotatable bonds is 4. The highest BCUT2D eigenvalue weighted by molar-refractivity contribution is 5.22. The summed E-state index contributed by atoms with van der Waals surface area (Å²) in [7, 11) is 0. The third kappa shape index (κ3) is 3.54. The van der Waals surface area contributed by atoms with E-state index < -0.39 is 0 Å². The second-order valence-electron chi connectivity index (χ2n) is 6.48. The van der Waals surface area contributed by atoms with Gasteiger partial charge in [0.2, 0.25) is 0 Å². The Morgan fingerprint density at radius 1 is 1.00 bits per heavy atom. The van der Waals surface area contributed by atoms with Crippen LogP contribution in [0, 0.1) is 18.8 Å². The Labute approximate surface area is 127 Å². The minimum atomic E-state index is -0.297. The van der Waals surface area contributed by atoms with Gasteiger partial charge < -0.3 is 5.11 Å². The molecule has 110 valence electrons. The summed E-state index contributed by atoms with van der Waals surface area (Å²) in [5, 5.41) is 10.5. The highest BCUT2D eigenvalue weighted by Crippen LogP contribution is 2.40. The molecule has 1 heteroatoms. The van der Waals surface area contributed by atoms with Crippen molar-refractivity contribution in [1.29, 1.82) is 0 Å². The van der Waals surface area contributed by atoms with Crippen LogP contribution in [0.5, 0.6) is 0 Å². The summed E-state index contributed by atoms with van der Waals surface area (Å²) in [6.07, 6.45) is 4.38. The Kier molecular flexibility index (Phi) is 4.40. The lowest BCUT2D eigenvalue weighted by molar-refractivity contribution is 0.109. The van der Waals surface area contributed by atoms with Gasteiger partial charge in [-0.1, -0.05) is 60.2 Å². The maximum absolute atomic E-state index is 10.5. The van der Waals surface area contributed by atoms with Crippen molar-refractivity contribution in [3.63, 3.8) is 0 Å². The van der Waals surface area contributed by atoms with Crippen LogP contribution >= 0.6 is 0 Å². The zero-order valence-electron chi connectivity index (χ0n) is 12.7. The van der Waals surface area contributed by atoms with E-state index in [-0.39, 0.29) is 6.10 Å². The van der Waals surface area contributed by atoms with Crippen LogP contribution in [-0.4, -0.2) is 5.11 Å². The predicted molar refractivity (Wildman–Crippen MR) is 87.1 cm³/mol. The molecular formula is C20H24O. The lowest BCUT2D eigenvalue weighted by atomic mass is 9.91. The molecule has 1 aliphatic carbocycles. The molecule has 1 N–H and O–H groups in total. The number of hydrogen-bond donors (Lipinski definition) is 1. The number of aliphatic hydroxyl groups is 1. The second-order valence-corrected chi connectivity index (χ2v) is 6.48. The molecule has 1 nitrogen and oxygen atoms in total. The van der Waals surface area contributed by atoms with Crippen LogP contribution < -0.4 is 0 Å². The van der Waals surface area contributed by atoms with Crippen LogP contribution in [0.1, 0.15) is 42.1 Å². The van der Waals surface area contributed by atoms with Crippen LogP contribution in [0.25, 0.3) is 0 Å². The Balaban J connectivity index is 1.59. The monoisotopic (exact) mass is 280 g/mol. The van der Waals surface area contributed by atoms with E-state index in [4.69, 9.17) is 0 Å². The van der Waals surface area contributed by atoms with E-state index in [9.17, 15) is 5.11 Å². The molecule has 2 aromatic rings. The zero-order valence-corrected chi connectivity index (χ0v) is 12.7. The Bertz CT molecular complexity index is 558. The van der Waals surface area contributed by atoms with E-state index in [0.717, 1.165) is 30.7 Å². The van der Waals surface area contributed by atoms with Crippen LogP contribution in [0.15, 0.2) is 54.6 Å². The molecular weight excluding hydrogens is 256 g/mol. The molecule has 0 bridgehead atoms. The third-order valence-electron chi connectivity index (χ3n) is 4.81. The van der Waals surface area contributed by atoms with Crippen molar-refractivity contribution in [2.45, 2.75) is 38.7 Å². The average molecular weight is 280 g/mol. The van der Waals surface area contributed by atoms with Crippen molar-refractivity contribution in [3.05, 3.63) is 71.3 Å². The van der Waals surface area contributed by atoms with Crippen LogP contribution in [0.3, 0.4) is 0 Å². The molecule has 0 amide bonds. The van der Waals surface area contributed by atoms with Gasteiger partial charge in [0, 0.05) is 0 Å². The fraction of sp³-hybridized carbons (Fsp3) is 0.400. The predicted octanol–water partition coefficient (Wildman–Crippen LogP) is 4.69. The van der Waals surface area contributed by atoms with Crippen molar-refractivity contribution < 1.29 is 5.11 Å². The van der Waals surface area contributed by atoms with Crippen molar-refractivity contribution in [2.75, 3.05) is 0 Å². The van der Waals surface area contributed by atoms with Crippen molar-refractivity contribution in [2.24, 2.45) is 11.8 Å². The molecule has 0 aromatic heterocycles. The van der Waals surface area contributed by atoms with Crippen LogP contribution in [0.4, 0.5) is 0 Å². The molecule has 3 atom stereocenters. The fourth-order valence-electron chi connectivity index (χ4n) is 3.57. The SMILES string of the molecule is Cc1ccc(C[C@@H]2CC[C@H]([C@H](O)c3ccccc3)C2)cc1. The molecule has 0 aliphatic heterocycles. The topological polar surface area (TPSA) is 20.2 Å². The maximum Gasteiger partial charge on any atom is 0.0818 e. The Morgan fingerprint density at radius 3 is 2.43 bits per heavy atom. The van der Waals surface area contributed by atoms with Gasteiger partial charge in [0.05, 0.1) is 6.10 Å². The molecule has 0 saturated heterocycles. The van der Waals surface area contributed by atoms with Gasteiger partial charge in [0.1, 0.15) is 0 Å². The van der Waals surface area contributed by atoms with E-state index in [0.29, 0.717) is 5.92 Å². The third-order valence-corrected chi connectivity index (χ3v) is 4.81. The summed E-state index contributed by atoms with van der Waals surface area (Å²) in [4.78, 5) is 0. The first kappa shape index (κ1) is 14.3. The normalized spacial score (nSPS) is 23.1. The summed E-state index contributed by atoms with van der Waals surface area (Å²) >= 11 is 0. The second kappa shape index (κ2) is 6.44. The minimum Gasteiger partial charge on any atom is -0.388 e. The van der Waals surface area contributed by atoms with E-state index in [2.05, 4.69) is 31.2 Å². The largest absolute Gasteiger partial charge is 0.388 e. The van der Waals surface area contributed by atoms with E-state index in [1.54, 1.807) is 0 Å². The van der Waals surface area contributed by atoms with Crippen LogP contribution in [0.2, 0.25) is 0 Å². The highest BCUT2D eigenvalue weighted by atomic mass is 16.3. The minimum absolute atomic E-state index is 0.297. The van der Waals surface area contributed by atoms with Gasteiger partial charge in [-0.05, 0) is 55.6 Å². The number of aliphatic hydroxyl groups excluding tert-OH is 1. The van der Waals surface area contributed by atoms with Gasteiger partial charge in [-0.15, -0.1) is 0 Å². The lowest BCUT2D eigenvalue weighted by Crippen LogP contribution is -2.10. The van der Waals surface area contributed by atoms with E-state index in [1.165, 1.54) is 17.5 Å². The molecule has 1 saturated carbocycles. The van der Waals surface area contributed by atoms with Gasteiger partial charge in [0.25, 0.3) is 0 Å². The first-order valence-electron chi connectivity index (χ1n) is 8.01. The average Bonchev–Trinajstić information content (AvgIpc) is 2.98. The van der Waals surface area contributed by atoms with Gasteiger partial charge in [-0.3, -0.25) is 0 Å². The first-order chi connectivity index (χ1) is 10.2. The van der Waals surface area contributed by atoms with Gasteiger partial charge >= 0.3 is 0 Å². The molecule has 3 rings (SSSR count). The standard InChI is InChI=1S/C20H24O/c1-15-7-9-16(10-8-15)13-17-11-12-19(14-17)20(21)18-5-3-2-4-6-18/h2-10,17,19-21H,11-14H2,1H3/t17-,19-,20+/m0/s1. The Hall–Kier alpha value is -1.60. The molecule has 0 spiro atoms. The smallest absolute Gasteiger partial charge is 0.0818 e. The molecule has 1 fully saturated rings. The summed E-state index contributed by atoms with van der Waals surface area (Å²) in [6.45, 7) is 2.13. The zero-order chi connectivity index (χ0) is 14.7. The molecule has 1 aliphatic rings. The summed E-state index contributed by atoms with van der Waals surface area (Å²) < 4.78 is 0. The molecule has 2 aromatic carbocycles. The molecule has 0 unspecified atom stereocenters. The molecule has 0 heterocycles. The first-order valence-corrected chi connectivity index (χ1v) is 8.01. The quantitative estimate of drug-likeness (QED) is 0.861. The summed E-state index contributed by atoms with van der Waals surface area (Å²) in [6, 6.07) is 19.0.